The Kier molecular flexibility index (Phi) is 5.37. The van der Waals surface area contributed by atoms with Crippen LogP contribution in [0.3, 0.4) is 0 Å². The number of hydrogen-bond donors (Lipinski definition) is 2. The quantitative estimate of drug-likeness (QED) is 0.855. The molecule has 2 rings (SSSR count). The van der Waals surface area contributed by atoms with E-state index in [0.29, 0.717) is 12.5 Å². The van der Waals surface area contributed by atoms with Crippen LogP contribution < -0.4 is 10.5 Å². The molecule has 2 aromatic rings. The van der Waals surface area contributed by atoms with Gasteiger partial charge in [0.2, 0.25) is 0 Å². The predicted octanol–water partition coefficient (Wildman–Crippen LogP) is 3.38. The summed E-state index contributed by atoms with van der Waals surface area (Å²) in [5.74, 6) is 1.25. The molecule has 0 aliphatic carbocycles. The molecular formula is C18H23NO2. The lowest BCUT2D eigenvalue weighted by molar-refractivity contribution is 0.108. The number of nitrogens with two attached hydrogens (primary N) is 1. The van der Waals surface area contributed by atoms with Gasteiger partial charge in [0.15, 0.2) is 0 Å². The van der Waals surface area contributed by atoms with Gasteiger partial charge in [-0.2, -0.15) is 0 Å². The number of hydrogen-bond acceptors (Lipinski definition) is 3. The largest absolute Gasteiger partial charge is 0.491 e. The number of aliphatic hydroxyl groups excluding tert-OH is 1. The van der Waals surface area contributed by atoms with Crippen molar-refractivity contribution in [3.63, 3.8) is 0 Å². The van der Waals surface area contributed by atoms with Crippen LogP contribution in [0.2, 0.25) is 0 Å². The summed E-state index contributed by atoms with van der Waals surface area (Å²) in [6, 6.07) is 15.6. The number of aliphatic hydroxyl groups is 1. The van der Waals surface area contributed by atoms with E-state index in [1.807, 2.05) is 42.5 Å². The average Bonchev–Trinajstić information content (AvgIpc) is 2.53. The molecule has 0 aliphatic heterocycles. The average molecular weight is 285 g/mol. The molecule has 0 heterocycles. The fourth-order valence-corrected chi connectivity index (χ4v) is 2.11. The Labute approximate surface area is 126 Å². The second-order valence-electron chi connectivity index (χ2n) is 5.50. The van der Waals surface area contributed by atoms with Crippen molar-refractivity contribution in [3.8, 4) is 5.75 Å². The SMILES string of the molecule is CC(C)c1cccc(OCC(O)c2ccc(CN)cc2)c1. The van der Waals surface area contributed by atoms with Gasteiger partial charge in [0.1, 0.15) is 18.5 Å². The molecule has 0 fully saturated rings. The van der Waals surface area contributed by atoms with Gasteiger partial charge >= 0.3 is 0 Å². The highest BCUT2D eigenvalue weighted by Crippen LogP contribution is 2.22. The first-order valence-corrected chi connectivity index (χ1v) is 7.30. The topological polar surface area (TPSA) is 55.5 Å². The van der Waals surface area contributed by atoms with Crippen molar-refractivity contribution >= 4 is 0 Å². The lowest BCUT2D eigenvalue weighted by Gasteiger charge is -2.14. The Morgan fingerprint density at radius 1 is 1.05 bits per heavy atom. The summed E-state index contributed by atoms with van der Waals surface area (Å²) in [5, 5.41) is 10.2. The standard InChI is InChI=1S/C18H23NO2/c1-13(2)16-4-3-5-17(10-16)21-12-18(20)15-8-6-14(11-19)7-9-15/h3-10,13,18,20H,11-12,19H2,1-2H3. The van der Waals surface area contributed by atoms with E-state index in [0.717, 1.165) is 16.9 Å². The molecule has 0 spiro atoms. The second-order valence-corrected chi connectivity index (χ2v) is 5.50. The molecule has 0 aromatic heterocycles. The minimum Gasteiger partial charge on any atom is -0.491 e. The lowest BCUT2D eigenvalue weighted by Crippen LogP contribution is -2.10. The molecule has 1 atom stereocenters. The maximum atomic E-state index is 10.2. The zero-order valence-electron chi connectivity index (χ0n) is 12.6. The molecule has 3 N–H and O–H groups in total. The van der Waals surface area contributed by atoms with E-state index in [1.165, 1.54) is 5.56 Å². The molecule has 1 unspecified atom stereocenters. The van der Waals surface area contributed by atoms with Crippen LogP contribution in [-0.4, -0.2) is 11.7 Å². The number of benzene rings is 2. The Morgan fingerprint density at radius 3 is 2.38 bits per heavy atom. The first kappa shape index (κ1) is 15.5. The van der Waals surface area contributed by atoms with Gasteiger partial charge in [-0.25, -0.2) is 0 Å². The molecule has 112 valence electrons. The molecule has 0 amide bonds. The smallest absolute Gasteiger partial charge is 0.119 e. The minimum absolute atomic E-state index is 0.240. The van der Waals surface area contributed by atoms with Crippen LogP contribution in [0.15, 0.2) is 48.5 Å². The molecule has 21 heavy (non-hydrogen) atoms. The van der Waals surface area contributed by atoms with Crippen LogP contribution >= 0.6 is 0 Å². The molecule has 2 aromatic carbocycles. The maximum Gasteiger partial charge on any atom is 0.119 e. The van der Waals surface area contributed by atoms with Crippen molar-refractivity contribution in [1.29, 1.82) is 0 Å². The lowest BCUT2D eigenvalue weighted by atomic mass is 10.0. The maximum absolute atomic E-state index is 10.2. The van der Waals surface area contributed by atoms with Crippen molar-refractivity contribution in [3.05, 3.63) is 65.2 Å². The zero-order chi connectivity index (χ0) is 15.2. The van der Waals surface area contributed by atoms with E-state index >= 15 is 0 Å². The molecule has 0 radical (unpaired) electrons. The van der Waals surface area contributed by atoms with Crippen LogP contribution in [0, 0.1) is 0 Å². The Bertz CT molecular complexity index is 564. The predicted molar refractivity (Wildman–Crippen MR) is 85.3 cm³/mol. The molecule has 3 heteroatoms. The minimum atomic E-state index is -0.639. The molecule has 0 aliphatic rings. The fraction of sp³-hybridized carbons (Fsp3) is 0.333. The Morgan fingerprint density at radius 2 is 1.76 bits per heavy atom. The summed E-state index contributed by atoms with van der Waals surface area (Å²) in [6.45, 7) is 5.04. The highest BCUT2D eigenvalue weighted by atomic mass is 16.5. The van der Waals surface area contributed by atoms with Crippen LogP contribution in [0.1, 0.15) is 42.6 Å². The second kappa shape index (κ2) is 7.25. The third kappa shape index (κ3) is 4.31. The van der Waals surface area contributed by atoms with E-state index in [4.69, 9.17) is 10.5 Å². The third-order valence-electron chi connectivity index (χ3n) is 3.53. The van der Waals surface area contributed by atoms with Crippen molar-refractivity contribution < 1.29 is 9.84 Å². The van der Waals surface area contributed by atoms with Gasteiger partial charge < -0.3 is 15.6 Å². The van der Waals surface area contributed by atoms with Gasteiger partial charge in [-0.1, -0.05) is 50.2 Å². The number of ether oxygens (including phenoxy) is 1. The summed E-state index contributed by atoms with van der Waals surface area (Å²) >= 11 is 0. The monoisotopic (exact) mass is 285 g/mol. The van der Waals surface area contributed by atoms with Crippen LogP contribution in [-0.2, 0) is 6.54 Å². The van der Waals surface area contributed by atoms with Crippen LogP contribution in [0.5, 0.6) is 5.75 Å². The Balaban J connectivity index is 1.96. The molecule has 3 nitrogen and oxygen atoms in total. The van der Waals surface area contributed by atoms with Crippen LogP contribution in [0.25, 0.3) is 0 Å². The summed E-state index contributed by atoms with van der Waals surface area (Å²) in [6.07, 6.45) is -0.639. The van der Waals surface area contributed by atoms with Crippen molar-refractivity contribution in [2.24, 2.45) is 5.73 Å². The summed E-state index contributed by atoms with van der Waals surface area (Å²) < 4.78 is 5.69. The van der Waals surface area contributed by atoms with E-state index in [9.17, 15) is 5.11 Å². The van der Waals surface area contributed by atoms with Gasteiger partial charge in [-0.3, -0.25) is 0 Å². The van der Waals surface area contributed by atoms with Crippen molar-refractivity contribution in [2.75, 3.05) is 6.61 Å². The summed E-state index contributed by atoms with van der Waals surface area (Å²) in [5.41, 5.74) is 8.69. The van der Waals surface area contributed by atoms with Gasteiger partial charge in [0.05, 0.1) is 0 Å². The van der Waals surface area contributed by atoms with Crippen molar-refractivity contribution in [2.45, 2.75) is 32.4 Å². The summed E-state index contributed by atoms with van der Waals surface area (Å²) in [4.78, 5) is 0. The number of rotatable bonds is 6. The van der Waals surface area contributed by atoms with E-state index in [1.54, 1.807) is 0 Å². The van der Waals surface area contributed by atoms with Gasteiger partial charge in [-0.15, -0.1) is 0 Å². The molecule has 0 saturated carbocycles. The molecule has 0 saturated heterocycles. The van der Waals surface area contributed by atoms with Gasteiger partial charge in [-0.05, 0) is 34.7 Å². The first-order valence-electron chi connectivity index (χ1n) is 7.30. The summed E-state index contributed by atoms with van der Waals surface area (Å²) in [7, 11) is 0. The highest BCUT2D eigenvalue weighted by Gasteiger charge is 2.09. The molecular weight excluding hydrogens is 262 g/mol. The van der Waals surface area contributed by atoms with Gasteiger partial charge in [0, 0.05) is 6.54 Å². The Hall–Kier alpha value is -1.84. The van der Waals surface area contributed by atoms with Crippen LogP contribution in [0.4, 0.5) is 0 Å². The first-order chi connectivity index (χ1) is 10.1. The highest BCUT2D eigenvalue weighted by molar-refractivity contribution is 5.30. The van der Waals surface area contributed by atoms with E-state index < -0.39 is 6.10 Å². The van der Waals surface area contributed by atoms with E-state index in [-0.39, 0.29) is 6.61 Å². The normalized spacial score (nSPS) is 12.4. The zero-order valence-corrected chi connectivity index (χ0v) is 12.6. The van der Waals surface area contributed by atoms with Crippen molar-refractivity contribution in [1.82, 2.24) is 0 Å². The van der Waals surface area contributed by atoms with Gasteiger partial charge in [0.25, 0.3) is 0 Å². The third-order valence-corrected chi connectivity index (χ3v) is 3.53. The fourth-order valence-electron chi connectivity index (χ4n) is 2.11. The van der Waals surface area contributed by atoms with E-state index in [2.05, 4.69) is 19.9 Å². The molecule has 0 bridgehead atoms.